The van der Waals surface area contributed by atoms with Gasteiger partial charge in [0.05, 0.1) is 5.69 Å². The molecule has 1 heterocycles. The minimum absolute atomic E-state index is 0.152. The molecule has 0 aromatic carbocycles. The van der Waals surface area contributed by atoms with Crippen LogP contribution in [0.1, 0.15) is 49.7 Å². The molecule has 0 fully saturated rings. The molecule has 4 heteroatoms. The zero-order chi connectivity index (χ0) is 11.0. The van der Waals surface area contributed by atoms with Crippen LogP contribution in [-0.4, -0.2) is 15.6 Å². The number of amidine groups is 1. The molecule has 0 saturated carbocycles. The van der Waals surface area contributed by atoms with Crippen LogP contribution in [0.2, 0.25) is 0 Å². The van der Waals surface area contributed by atoms with Crippen LogP contribution in [0, 0.1) is 5.41 Å². The topological polar surface area (TPSA) is 67.7 Å². The minimum Gasteiger partial charge on any atom is -0.382 e. The van der Waals surface area contributed by atoms with Gasteiger partial charge in [0, 0.05) is 11.6 Å². The fraction of sp³-hybridized carbons (Fsp3) is 0.636. The van der Waals surface area contributed by atoms with Crippen LogP contribution in [0.5, 0.6) is 0 Å². The smallest absolute Gasteiger partial charge is 0.141 e. The van der Waals surface area contributed by atoms with E-state index in [-0.39, 0.29) is 11.9 Å². The molecule has 0 aliphatic heterocycles. The summed E-state index contributed by atoms with van der Waals surface area (Å²) in [5, 5.41) is 12.2. The van der Waals surface area contributed by atoms with Gasteiger partial charge >= 0.3 is 0 Å². The van der Waals surface area contributed by atoms with Crippen molar-refractivity contribution < 1.29 is 0 Å². The Kier molecular flexibility index (Phi) is 2.50. The van der Waals surface area contributed by atoms with Crippen molar-refractivity contribution in [2.45, 2.75) is 45.6 Å². The molecule has 1 aliphatic rings. The number of nitrogens with two attached hydrogens (primary N) is 1. The molecule has 0 bridgehead atoms. The van der Waals surface area contributed by atoms with Crippen LogP contribution >= 0.6 is 0 Å². The summed E-state index contributed by atoms with van der Waals surface area (Å²) in [6, 6.07) is 0.273. The molecule has 0 saturated heterocycles. The summed E-state index contributed by atoms with van der Waals surface area (Å²) < 4.78 is 1.90. The summed E-state index contributed by atoms with van der Waals surface area (Å²) in [7, 11) is 0. The Bertz CT molecular complexity index is 390. The Morgan fingerprint density at radius 1 is 1.40 bits per heavy atom. The van der Waals surface area contributed by atoms with Gasteiger partial charge in [0.2, 0.25) is 0 Å². The first-order chi connectivity index (χ1) is 7.11. The second-order valence-corrected chi connectivity index (χ2v) is 4.43. The van der Waals surface area contributed by atoms with E-state index in [0.717, 1.165) is 24.2 Å². The zero-order valence-corrected chi connectivity index (χ0v) is 9.38. The normalized spacial score (nSPS) is 15.4. The van der Waals surface area contributed by atoms with Gasteiger partial charge in [-0.15, -0.1) is 0 Å². The predicted molar refractivity (Wildman–Crippen MR) is 60.3 cm³/mol. The second-order valence-electron chi connectivity index (χ2n) is 4.43. The summed E-state index contributed by atoms with van der Waals surface area (Å²) in [4.78, 5) is 0. The van der Waals surface area contributed by atoms with Crippen molar-refractivity contribution in [3.8, 4) is 0 Å². The van der Waals surface area contributed by atoms with Crippen molar-refractivity contribution in [1.29, 1.82) is 5.41 Å². The molecule has 0 amide bonds. The third kappa shape index (κ3) is 1.64. The largest absolute Gasteiger partial charge is 0.382 e. The van der Waals surface area contributed by atoms with Crippen molar-refractivity contribution in [2.24, 2.45) is 5.73 Å². The molecule has 0 atom stereocenters. The van der Waals surface area contributed by atoms with E-state index in [0.29, 0.717) is 0 Å². The molecular weight excluding hydrogens is 188 g/mol. The van der Waals surface area contributed by atoms with Gasteiger partial charge in [0.1, 0.15) is 11.5 Å². The summed E-state index contributed by atoms with van der Waals surface area (Å²) in [5.41, 5.74) is 8.85. The molecule has 1 aromatic rings. The van der Waals surface area contributed by atoms with Gasteiger partial charge in [0.25, 0.3) is 0 Å². The number of rotatable bonds is 2. The van der Waals surface area contributed by atoms with Crippen LogP contribution in [0.4, 0.5) is 0 Å². The van der Waals surface area contributed by atoms with Gasteiger partial charge in [-0.2, -0.15) is 5.10 Å². The Balaban J connectivity index is 2.56. The van der Waals surface area contributed by atoms with Crippen molar-refractivity contribution in [1.82, 2.24) is 9.78 Å². The molecule has 82 valence electrons. The lowest BCUT2D eigenvalue weighted by Gasteiger charge is -2.12. The van der Waals surface area contributed by atoms with Crippen molar-refractivity contribution in [3.63, 3.8) is 0 Å². The van der Waals surface area contributed by atoms with E-state index in [1.54, 1.807) is 0 Å². The molecule has 0 radical (unpaired) electrons. The molecular formula is C11H18N4. The highest BCUT2D eigenvalue weighted by Crippen LogP contribution is 2.25. The molecule has 15 heavy (non-hydrogen) atoms. The lowest BCUT2D eigenvalue weighted by atomic mass is 9.95. The Labute approximate surface area is 90.0 Å². The van der Waals surface area contributed by atoms with E-state index in [1.807, 2.05) is 4.68 Å². The average Bonchev–Trinajstić information content (AvgIpc) is 2.56. The van der Waals surface area contributed by atoms with Crippen LogP contribution in [0.3, 0.4) is 0 Å². The van der Waals surface area contributed by atoms with Crippen molar-refractivity contribution in [3.05, 3.63) is 17.0 Å². The number of nitrogen functional groups attached to an aromatic ring is 1. The number of aromatic nitrogens is 2. The van der Waals surface area contributed by atoms with E-state index >= 15 is 0 Å². The fourth-order valence-corrected chi connectivity index (χ4v) is 2.23. The van der Waals surface area contributed by atoms with E-state index in [1.165, 1.54) is 18.4 Å². The van der Waals surface area contributed by atoms with Gasteiger partial charge in [0.15, 0.2) is 0 Å². The zero-order valence-electron chi connectivity index (χ0n) is 9.38. The SMILES string of the molecule is CC(C)n1nc2c(c1C(=N)N)CCCC2. The standard InChI is InChI=1S/C11H18N4/c1-7(2)15-10(11(12)13)8-5-3-4-6-9(8)14-15/h7H,3-6H2,1-2H3,(H3,12,13). The van der Waals surface area contributed by atoms with Gasteiger partial charge in [-0.3, -0.25) is 10.1 Å². The molecule has 0 spiro atoms. The van der Waals surface area contributed by atoms with E-state index in [9.17, 15) is 0 Å². The maximum absolute atomic E-state index is 7.64. The number of fused-ring (bicyclic) bond motifs is 1. The molecule has 4 nitrogen and oxygen atoms in total. The third-order valence-electron chi connectivity index (χ3n) is 2.93. The van der Waals surface area contributed by atoms with Gasteiger partial charge < -0.3 is 5.73 Å². The second kappa shape index (κ2) is 3.68. The van der Waals surface area contributed by atoms with Crippen LogP contribution in [0.15, 0.2) is 0 Å². The van der Waals surface area contributed by atoms with E-state index in [2.05, 4.69) is 18.9 Å². The fourth-order valence-electron chi connectivity index (χ4n) is 2.23. The minimum atomic E-state index is 0.152. The summed E-state index contributed by atoms with van der Waals surface area (Å²) >= 11 is 0. The van der Waals surface area contributed by atoms with Gasteiger partial charge in [-0.1, -0.05) is 0 Å². The average molecular weight is 206 g/mol. The van der Waals surface area contributed by atoms with Gasteiger partial charge in [-0.25, -0.2) is 0 Å². The van der Waals surface area contributed by atoms with Gasteiger partial charge in [-0.05, 0) is 39.5 Å². The first kappa shape index (κ1) is 10.2. The van der Waals surface area contributed by atoms with Crippen molar-refractivity contribution >= 4 is 5.84 Å². The highest BCUT2D eigenvalue weighted by atomic mass is 15.3. The molecule has 2 rings (SSSR count). The number of hydrogen-bond acceptors (Lipinski definition) is 2. The highest BCUT2D eigenvalue weighted by Gasteiger charge is 2.22. The first-order valence-electron chi connectivity index (χ1n) is 5.56. The van der Waals surface area contributed by atoms with E-state index < -0.39 is 0 Å². The van der Waals surface area contributed by atoms with Crippen molar-refractivity contribution in [2.75, 3.05) is 0 Å². The molecule has 0 unspecified atom stereocenters. The lowest BCUT2D eigenvalue weighted by molar-refractivity contribution is 0.521. The Morgan fingerprint density at radius 2 is 2.07 bits per heavy atom. The number of hydrogen-bond donors (Lipinski definition) is 2. The monoisotopic (exact) mass is 206 g/mol. The highest BCUT2D eigenvalue weighted by molar-refractivity contribution is 5.95. The third-order valence-corrected chi connectivity index (χ3v) is 2.93. The molecule has 3 N–H and O–H groups in total. The summed E-state index contributed by atoms with van der Waals surface area (Å²) in [6.45, 7) is 4.15. The summed E-state index contributed by atoms with van der Waals surface area (Å²) in [5.74, 6) is 0.152. The summed E-state index contributed by atoms with van der Waals surface area (Å²) in [6.07, 6.45) is 4.46. The number of aryl methyl sites for hydroxylation is 1. The lowest BCUT2D eigenvalue weighted by Crippen LogP contribution is -2.20. The van der Waals surface area contributed by atoms with Crippen LogP contribution in [0.25, 0.3) is 0 Å². The predicted octanol–water partition coefficient (Wildman–Crippen LogP) is 1.63. The molecule has 1 aliphatic carbocycles. The molecule has 1 aromatic heterocycles. The number of nitrogens with zero attached hydrogens (tertiary/aromatic N) is 2. The first-order valence-corrected chi connectivity index (χ1v) is 5.56. The quantitative estimate of drug-likeness (QED) is 0.570. The van der Waals surface area contributed by atoms with E-state index in [4.69, 9.17) is 11.1 Å². The van der Waals surface area contributed by atoms with Crippen LogP contribution in [-0.2, 0) is 12.8 Å². The maximum Gasteiger partial charge on any atom is 0.141 e. The Hall–Kier alpha value is -1.32. The Morgan fingerprint density at radius 3 is 2.67 bits per heavy atom. The van der Waals surface area contributed by atoms with Crippen LogP contribution < -0.4 is 5.73 Å². The number of nitrogens with one attached hydrogen (secondary N) is 1. The maximum atomic E-state index is 7.64.